The second-order valence-corrected chi connectivity index (χ2v) is 5.77. The molecule has 0 aliphatic heterocycles. The standard InChI is InChI=1S/C18H17ClN4O2/c19-15-11-14(7-8-17(15)23-10-4-9-20-23)21-18(25)22-16(12-24)13-5-2-1-3-6-13/h1-11,16,24H,12H2,(H2,21,22,25)/t16-/m1/s1. The van der Waals surface area contributed by atoms with Gasteiger partial charge in [0.2, 0.25) is 0 Å². The molecular weight excluding hydrogens is 340 g/mol. The van der Waals surface area contributed by atoms with Crippen LogP contribution in [-0.2, 0) is 0 Å². The first-order valence-electron chi connectivity index (χ1n) is 7.70. The van der Waals surface area contributed by atoms with Crippen LogP contribution in [0.5, 0.6) is 0 Å². The summed E-state index contributed by atoms with van der Waals surface area (Å²) in [7, 11) is 0. The molecule has 1 heterocycles. The number of nitrogens with one attached hydrogen (secondary N) is 2. The van der Waals surface area contributed by atoms with Crippen LogP contribution < -0.4 is 10.6 Å². The molecule has 0 unspecified atom stereocenters. The molecule has 0 radical (unpaired) electrons. The molecule has 0 bridgehead atoms. The average Bonchev–Trinajstić information content (AvgIpc) is 3.15. The summed E-state index contributed by atoms with van der Waals surface area (Å²) in [6.45, 7) is -0.198. The van der Waals surface area contributed by atoms with Gasteiger partial charge in [-0.1, -0.05) is 41.9 Å². The first-order valence-corrected chi connectivity index (χ1v) is 8.08. The molecule has 2 aromatic carbocycles. The molecule has 3 rings (SSSR count). The van der Waals surface area contributed by atoms with Crippen LogP contribution in [0.25, 0.3) is 5.69 Å². The summed E-state index contributed by atoms with van der Waals surface area (Å²) in [6.07, 6.45) is 3.45. The highest BCUT2D eigenvalue weighted by Crippen LogP contribution is 2.24. The zero-order valence-corrected chi connectivity index (χ0v) is 14.0. The SMILES string of the molecule is O=C(Nc1ccc(-n2cccn2)c(Cl)c1)N[C@H](CO)c1ccccc1. The fraction of sp³-hybridized carbons (Fsp3) is 0.111. The first kappa shape index (κ1) is 17.0. The van der Waals surface area contributed by atoms with Crippen molar-refractivity contribution in [2.75, 3.05) is 11.9 Å². The number of hydrogen-bond donors (Lipinski definition) is 3. The molecule has 6 nitrogen and oxygen atoms in total. The van der Waals surface area contributed by atoms with Gasteiger partial charge >= 0.3 is 6.03 Å². The van der Waals surface area contributed by atoms with E-state index in [2.05, 4.69) is 15.7 Å². The van der Waals surface area contributed by atoms with E-state index in [1.807, 2.05) is 30.3 Å². The van der Waals surface area contributed by atoms with Crippen molar-refractivity contribution in [2.45, 2.75) is 6.04 Å². The molecular formula is C18H17ClN4O2. The minimum absolute atomic E-state index is 0.198. The minimum Gasteiger partial charge on any atom is -0.394 e. The number of rotatable bonds is 5. The van der Waals surface area contributed by atoms with Gasteiger partial charge in [-0.2, -0.15) is 5.10 Å². The zero-order chi connectivity index (χ0) is 17.6. The molecule has 0 aliphatic rings. The van der Waals surface area contributed by atoms with Crippen molar-refractivity contribution in [1.82, 2.24) is 15.1 Å². The van der Waals surface area contributed by atoms with Gasteiger partial charge in [-0.3, -0.25) is 0 Å². The van der Waals surface area contributed by atoms with Crippen LogP contribution in [0, 0.1) is 0 Å². The number of nitrogens with zero attached hydrogens (tertiary/aromatic N) is 2. The second kappa shape index (κ2) is 7.83. The summed E-state index contributed by atoms with van der Waals surface area (Å²) in [5, 5.41) is 19.5. The summed E-state index contributed by atoms with van der Waals surface area (Å²) in [6, 6.07) is 15.3. The highest BCUT2D eigenvalue weighted by molar-refractivity contribution is 6.32. The fourth-order valence-corrected chi connectivity index (χ4v) is 2.69. The molecule has 0 spiro atoms. The third kappa shape index (κ3) is 4.17. The van der Waals surface area contributed by atoms with Gasteiger partial charge in [-0.15, -0.1) is 0 Å². The molecule has 25 heavy (non-hydrogen) atoms. The zero-order valence-electron chi connectivity index (χ0n) is 13.3. The maximum absolute atomic E-state index is 12.2. The predicted octanol–water partition coefficient (Wildman–Crippen LogP) is 3.38. The number of aromatic nitrogens is 2. The highest BCUT2D eigenvalue weighted by Gasteiger charge is 2.14. The van der Waals surface area contributed by atoms with Crippen LogP contribution in [0.4, 0.5) is 10.5 Å². The summed E-state index contributed by atoms with van der Waals surface area (Å²) >= 11 is 6.26. The number of urea groups is 1. The largest absolute Gasteiger partial charge is 0.394 e. The number of aliphatic hydroxyl groups excluding tert-OH is 1. The number of benzene rings is 2. The van der Waals surface area contributed by atoms with Gasteiger partial charge in [0.25, 0.3) is 0 Å². The Kier molecular flexibility index (Phi) is 5.33. The van der Waals surface area contributed by atoms with Crippen molar-refractivity contribution in [3.8, 4) is 5.69 Å². The lowest BCUT2D eigenvalue weighted by Crippen LogP contribution is -2.34. The number of anilines is 1. The molecule has 1 aromatic heterocycles. The van der Waals surface area contributed by atoms with Crippen molar-refractivity contribution < 1.29 is 9.90 Å². The lowest BCUT2D eigenvalue weighted by molar-refractivity contribution is 0.225. The summed E-state index contributed by atoms with van der Waals surface area (Å²) < 4.78 is 1.64. The number of aliphatic hydroxyl groups is 1. The summed E-state index contributed by atoms with van der Waals surface area (Å²) in [5.41, 5.74) is 2.09. The Balaban J connectivity index is 1.67. The molecule has 0 saturated carbocycles. The quantitative estimate of drug-likeness (QED) is 0.655. The first-order chi connectivity index (χ1) is 12.2. The Labute approximate surface area is 150 Å². The molecule has 3 aromatic rings. The van der Waals surface area contributed by atoms with Gasteiger partial charge < -0.3 is 15.7 Å². The molecule has 0 fully saturated rings. The van der Waals surface area contributed by atoms with E-state index in [1.165, 1.54) is 0 Å². The summed E-state index contributed by atoms with van der Waals surface area (Å²) in [4.78, 5) is 12.2. The third-order valence-corrected chi connectivity index (χ3v) is 3.95. The van der Waals surface area contributed by atoms with E-state index in [4.69, 9.17) is 11.6 Å². The lowest BCUT2D eigenvalue weighted by Gasteiger charge is -2.17. The van der Waals surface area contributed by atoms with Crippen molar-refractivity contribution in [3.63, 3.8) is 0 Å². The van der Waals surface area contributed by atoms with E-state index in [-0.39, 0.29) is 6.61 Å². The number of hydrogen-bond acceptors (Lipinski definition) is 3. The third-order valence-electron chi connectivity index (χ3n) is 3.65. The number of amides is 2. The van der Waals surface area contributed by atoms with Crippen molar-refractivity contribution in [3.05, 3.63) is 77.6 Å². The van der Waals surface area contributed by atoms with Gasteiger partial charge in [0.15, 0.2) is 0 Å². The van der Waals surface area contributed by atoms with E-state index in [1.54, 1.807) is 41.3 Å². The molecule has 1 atom stereocenters. The monoisotopic (exact) mass is 356 g/mol. The van der Waals surface area contributed by atoms with Gasteiger partial charge in [0, 0.05) is 18.1 Å². The maximum atomic E-state index is 12.2. The van der Waals surface area contributed by atoms with Gasteiger partial charge in [0.1, 0.15) is 0 Å². The molecule has 0 saturated heterocycles. The fourth-order valence-electron chi connectivity index (χ4n) is 2.43. The van der Waals surface area contributed by atoms with Gasteiger partial charge in [-0.05, 0) is 29.8 Å². The van der Waals surface area contributed by atoms with E-state index >= 15 is 0 Å². The second-order valence-electron chi connectivity index (χ2n) is 5.36. The topological polar surface area (TPSA) is 79.2 Å². The van der Waals surface area contributed by atoms with Crippen molar-refractivity contribution in [2.24, 2.45) is 0 Å². The van der Waals surface area contributed by atoms with Gasteiger partial charge in [0.05, 0.1) is 23.4 Å². The van der Waals surface area contributed by atoms with Crippen LogP contribution in [0.2, 0.25) is 5.02 Å². The van der Waals surface area contributed by atoms with Crippen LogP contribution in [-0.4, -0.2) is 27.5 Å². The van der Waals surface area contributed by atoms with E-state index in [9.17, 15) is 9.90 Å². The molecule has 128 valence electrons. The Morgan fingerprint density at radius 1 is 1.20 bits per heavy atom. The lowest BCUT2D eigenvalue weighted by atomic mass is 10.1. The average molecular weight is 357 g/mol. The molecule has 0 aliphatic carbocycles. The van der Waals surface area contributed by atoms with Crippen molar-refractivity contribution in [1.29, 1.82) is 0 Å². The Bertz CT molecular complexity index is 838. The van der Waals surface area contributed by atoms with Crippen LogP contribution in [0.15, 0.2) is 67.0 Å². The molecule has 2 amide bonds. The Morgan fingerprint density at radius 2 is 2.00 bits per heavy atom. The van der Waals surface area contributed by atoms with Gasteiger partial charge in [-0.25, -0.2) is 9.48 Å². The van der Waals surface area contributed by atoms with Crippen molar-refractivity contribution >= 4 is 23.3 Å². The number of carbonyl (C=O) groups excluding carboxylic acids is 1. The number of halogens is 1. The number of carbonyl (C=O) groups is 1. The van der Waals surface area contributed by atoms with E-state index in [0.717, 1.165) is 11.3 Å². The Morgan fingerprint density at radius 3 is 2.64 bits per heavy atom. The normalized spacial score (nSPS) is 11.8. The minimum atomic E-state index is -0.486. The maximum Gasteiger partial charge on any atom is 0.319 e. The van der Waals surface area contributed by atoms with Crippen LogP contribution >= 0.6 is 11.6 Å². The van der Waals surface area contributed by atoms with Crippen LogP contribution in [0.1, 0.15) is 11.6 Å². The molecule has 7 heteroatoms. The predicted molar refractivity (Wildman–Crippen MR) is 97.0 cm³/mol. The Hall–Kier alpha value is -2.83. The van der Waals surface area contributed by atoms with Crippen LogP contribution in [0.3, 0.4) is 0 Å². The highest BCUT2D eigenvalue weighted by atomic mass is 35.5. The molecule has 3 N–H and O–H groups in total. The smallest absolute Gasteiger partial charge is 0.319 e. The van der Waals surface area contributed by atoms with E-state index < -0.39 is 12.1 Å². The summed E-state index contributed by atoms with van der Waals surface area (Å²) in [5.74, 6) is 0. The van der Waals surface area contributed by atoms with E-state index in [0.29, 0.717) is 10.7 Å².